The van der Waals surface area contributed by atoms with Crippen LogP contribution in [0, 0.1) is 11.8 Å². The van der Waals surface area contributed by atoms with E-state index < -0.39 is 18.2 Å². The number of aliphatic carboxylic acids is 1. The maximum Gasteiger partial charge on any atom is 0.303 e. The van der Waals surface area contributed by atoms with E-state index in [1.165, 1.54) is 5.56 Å². The van der Waals surface area contributed by atoms with Crippen LogP contribution in [0.1, 0.15) is 63.0 Å². The molecule has 2 rings (SSSR count). The predicted molar refractivity (Wildman–Crippen MR) is 123 cm³/mol. The van der Waals surface area contributed by atoms with Crippen LogP contribution in [-0.2, 0) is 27.2 Å². The van der Waals surface area contributed by atoms with E-state index in [1.807, 2.05) is 25.1 Å². The van der Waals surface area contributed by atoms with Crippen LogP contribution in [0.5, 0.6) is 0 Å². The van der Waals surface area contributed by atoms with Crippen LogP contribution in [-0.4, -0.2) is 52.5 Å². The summed E-state index contributed by atoms with van der Waals surface area (Å²) in [6.07, 6.45) is 7.68. The number of hydrogen-bond donors (Lipinski definition) is 3. The van der Waals surface area contributed by atoms with E-state index in [2.05, 4.69) is 12.1 Å². The van der Waals surface area contributed by atoms with Crippen LogP contribution in [0.4, 0.5) is 0 Å². The van der Waals surface area contributed by atoms with Crippen LogP contribution in [0.2, 0.25) is 0 Å². The van der Waals surface area contributed by atoms with E-state index in [9.17, 15) is 19.8 Å². The monoisotopic (exact) mass is 446 g/mol. The minimum atomic E-state index is -0.778. The van der Waals surface area contributed by atoms with Crippen molar-refractivity contribution in [1.82, 2.24) is 0 Å². The Balaban J connectivity index is 1.84. The van der Waals surface area contributed by atoms with Crippen molar-refractivity contribution >= 4 is 11.8 Å². The van der Waals surface area contributed by atoms with Crippen molar-refractivity contribution in [3.63, 3.8) is 0 Å². The highest BCUT2D eigenvalue weighted by molar-refractivity contribution is 5.84. The van der Waals surface area contributed by atoms with Gasteiger partial charge in [-0.05, 0) is 37.3 Å². The first kappa shape index (κ1) is 26.2. The highest BCUT2D eigenvalue weighted by Gasteiger charge is 2.39. The quantitative estimate of drug-likeness (QED) is 0.280. The maximum absolute atomic E-state index is 12.3. The van der Waals surface area contributed by atoms with Gasteiger partial charge in [0.05, 0.1) is 18.8 Å². The lowest BCUT2D eigenvalue weighted by Gasteiger charge is -2.18. The minimum Gasteiger partial charge on any atom is -0.481 e. The molecule has 1 aromatic carbocycles. The summed E-state index contributed by atoms with van der Waals surface area (Å²) in [4.78, 5) is 22.9. The second-order valence-corrected chi connectivity index (χ2v) is 8.69. The molecule has 4 atom stereocenters. The third kappa shape index (κ3) is 9.23. The first-order chi connectivity index (χ1) is 15.4. The summed E-state index contributed by atoms with van der Waals surface area (Å²) in [6, 6.07) is 8.11. The fraction of sp³-hybridized carbons (Fsp3) is 0.615. The van der Waals surface area contributed by atoms with Crippen LogP contribution < -0.4 is 0 Å². The topological polar surface area (TPSA) is 104 Å². The normalized spacial score (nSPS) is 22.0. The van der Waals surface area contributed by atoms with Gasteiger partial charge < -0.3 is 20.1 Å². The number of carbonyl (C=O) groups is 2. The Morgan fingerprint density at radius 1 is 1.22 bits per heavy atom. The summed E-state index contributed by atoms with van der Waals surface area (Å²) in [5.74, 6) is -1.20. The fourth-order valence-electron chi connectivity index (χ4n) is 4.40. The SMILES string of the molecule is CCOCCc1cccc(C[C@H](O)C=C[C@H]2[C@H](O)CC(=O)[C@@H]2CCCCCCC(=O)O)c1. The van der Waals surface area contributed by atoms with Gasteiger partial charge in [-0.1, -0.05) is 55.7 Å². The molecule has 0 radical (unpaired) electrons. The number of aliphatic hydroxyl groups excluding tert-OH is 2. The molecular weight excluding hydrogens is 408 g/mol. The molecule has 32 heavy (non-hydrogen) atoms. The average molecular weight is 447 g/mol. The number of ether oxygens (including phenoxy) is 1. The van der Waals surface area contributed by atoms with Crippen molar-refractivity contribution in [3.8, 4) is 0 Å². The summed E-state index contributed by atoms with van der Waals surface area (Å²) in [7, 11) is 0. The van der Waals surface area contributed by atoms with Gasteiger partial charge in [-0.15, -0.1) is 0 Å². The van der Waals surface area contributed by atoms with Gasteiger partial charge in [-0.25, -0.2) is 0 Å². The summed E-state index contributed by atoms with van der Waals surface area (Å²) in [5.41, 5.74) is 2.21. The number of Topliss-reactive ketones (excluding diaryl/α,β-unsaturated/α-hetero) is 1. The molecule has 0 aromatic heterocycles. The molecule has 6 heteroatoms. The van der Waals surface area contributed by atoms with Crippen LogP contribution in [0.15, 0.2) is 36.4 Å². The van der Waals surface area contributed by atoms with Crippen LogP contribution >= 0.6 is 0 Å². The number of rotatable bonds is 15. The number of carbonyl (C=O) groups excluding carboxylic acids is 1. The first-order valence-corrected chi connectivity index (χ1v) is 11.8. The van der Waals surface area contributed by atoms with Gasteiger partial charge >= 0.3 is 5.97 Å². The molecule has 1 aromatic rings. The van der Waals surface area contributed by atoms with Gasteiger partial charge in [0, 0.05) is 37.7 Å². The molecule has 0 amide bonds. The van der Waals surface area contributed by atoms with Crippen molar-refractivity contribution in [2.75, 3.05) is 13.2 Å². The molecule has 0 saturated heterocycles. The Bertz CT molecular complexity index is 744. The molecule has 178 valence electrons. The smallest absolute Gasteiger partial charge is 0.303 e. The van der Waals surface area contributed by atoms with E-state index in [0.717, 1.165) is 31.2 Å². The average Bonchev–Trinajstić information content (AvgIpc) is 3.01. The van der Waals surface area contributed by atoms with Crippen molar-refractivity contribution in [3.05, 3.63) is 47.5 Å². The summed E-state index contributed by atoms with van der Waals surface area (Å²) < 4.78 is 5.40. The molecule has 1 fully saturated rings. The zero-order chi connectivity index (χ0) is 23.3. The van der Waals surface area contributed by atoms with E-state index in [-0.39, 0.29) is 30.5 Å². The Kier molecular flexibility index (Phi) is 11.6. The number of unbranched alkanes of at least 4 members (excludes halogenated alkanes) is 3. The molecule has 6 nitrogen and oxygen atoms in total. The molecule has 1 aliphatic carbocycles. The van der Waals surface area contributed by atoms with Gasteiger partial charge in [0.2, 0.25) is 0 Å². The Hall–Kier alpha value is -2.02. The lowest BCUT2D eigenvalue weighted by Crippen LogP contribution is -2.19. The number of aliphatic hydroxyl groups is 2. The molecule has 0 heterocycles. The highest BCUT2D eigenvalue weighted by Crippen LogP contribution is 2.34. The number of benzene rings is 1. The zero-order valence-corrected chi connectivity index (χ0v) is 19.1. The Morgan fingerprint density at radius 2 is 1.97 bits per heavy atom. The van der Waals surface area contributed by atoms with Crippen molar-refractivity contribution in [2.24, 2.45) is 11.8 Å². The molecule has 0 unspecified atom stereocenters. The van der Waals surface area contributed by atoms with Gasteiger partial charge in [-0.3, -0.25) is 9.59 Å². The highest BCUT2D eigenvalue weighted by atomic mass is 16.5. The van der Waals surface area contributed by atoms with E-state index >= 15 is 0 Å². The number of carboxylic acid groups (broad SMARTS) is 1. The molecule has 0 bridgehead atoms. The Morgan fingerprint density at radius 3 is 2.72 bits per heavy atom. The van der Waals surface area contributed by atoms with Gasteiger partial charge in [-0.2, -0.15) is 0 Å². The standard InChI is InChI=1S/C26H38O6/c1-2-32-15-14-19-8-7-9-20(16-19)17-21(27)12-13-23-22(24(28)18-25(23)29)10-5-3-4-6-11-26(30)31/h7-9,12-13,16,21-23,25,27,29H,2-6,10-11,14-15,17-18H2,1H3,(H,30,31)/t21-,22-,23-,25-/m1/s1. The predicted octanol–water partition coefficient (Wildman–Crippen LogP) is 3.72. The molecule has 3 N–H and O–H groups in total. The van der Waals surface area contributed by atoms with Gasteiger partial charge in [0.15, 0.2) is 0 Å². The van der Waals surface area contributed by atoms with Crippen LogP contribution in [0.3, 0.4) is 0 Å². The third-order valence-electron chi connectivity index (χ3n) is 6.12. The molecule has 0 aliphatic heterocycles. The van der Waals surface area contributed by atoms with E-state index in [4.69, 9.17) is 9.84 Å². The van der Waals surface area contributed by atoms with Gasteiger partial charge in [0.1, 0.15) is 5.78 Å². The largest absolute Gasteiger partial charge is 0.481 e. The number of hydrogen-bond acceptors (Lipinski definition) is 5. The maximum atomic E-state index is 12.3. The summed E-state index contributed by atoms with van der Waals surface area (Å²) in [6.45, 7) is 3.35. The second kappa shape index (κ2) is 14.2. The zero-order valence-electron chi connectivity index (χ0n) is 19.1. The van der Waals surface area contributed by atoms with E-state index in [1.54, 1.807) is 6.08 Å². The number of carboxylic acids is 1. The van der Waals surface area contributed by atoms with Crippen LogP contribution in [0.25, 0.3) is 0 Å². The van der Waals surface area contributed by atoms with Crippen molar-refractivity contribution < 1.29 is 29.6 Å². The summed E-state index contributed by atoms with van der Waals surface area (Å²) in [5, 5.41) is 29.5. The lowest BCUT2D eigenvalue weighted by molar-refractivity contribution is -0.137. The van der Waals surface area contributed by atoms with Gasteiger partial charge in [0.25, 0.3) is 0 Å². The summed E-state index contributed by atoms with van der Waals surface area (Å²) >= 11 is 0. The minimum absolute atomic E-state index is 0.0779. The van der Waals surface area contributed by atoms with Crippen molar-refractivity contribution in [1.29, 1.82) is 0 Å². The lowest BCUT2D eigenvalue weighted by atomic mass is 9.88. The second-order valence-electron chi connectivity index (χ2n) is 8.69. The molecule has 0 spiro atoms. The Labute approximate surface area is 191 Å². The molecule has 1 saturated carbocycles. The molecule has 1 aliphatic rings. The van der Waals surface area contributed by atoms with Crippen molar-refractivity contribution in [2.45, 2.75) is 76.9 Å². The van der Waals surface area contributed by atoms with E-state index in [0.29, 0.717) is 32.5 Å². The first-order valence-electron chi connectivity index (χ1n) is 11.8. The third-order valence-corrected chi connectivity index (χ3v) is 6.12. The number of ketones is 1. The fourth-order valence-corrected chi connectivity index (χ4v) is 4.40. The molecular formula is C26H38O6.